The lowest BCUT2D eigenvalue weighted by molar-refractivity contribution is -0.147. The molecule has 0 aromatic heterocycles. The molecule has 1 amide bonds. The van der Waals surface area contributed by atoms with Gasteiger partial charge in [-0.25, -0.2) is 0 Å². The average Bonchev–Trinajstić information content (AvgIpc) is 2.65. The van der Waals surface area contributed by atoms with Gasteiger partial charge in [0.1, 0.15) is 5.75 Å². The molecule has 2 aromatic rings. The lowest BCUT2D eigenvalue weighted by Crippen LogP contribution is -2.21. The van der Waals surface area contributed by atoms with E-state index in [9.17, 15) is 9.59 Å². The number of para-hydroxylation sites is 1. The average molecular weight is 341 g/mol. The molecule has 0 aliphatic rings. The molecule has 0 fully saturated rings. The number of carbonyl (C=O) groups is 2. The van der Waals surface area contributed by atoms with Crippen LogP contribution in [0.1, 0.15) is 24.5 Å². The maximum absolute atomic E-state index is 11.8. The molecular weight excluding hydrogens is 318 g/mol. The van der Waals surface area contributed by atoms with Gasteiger partial charge in [0.15, 0.2) is 6.61 Å². The number of carbonyl (C=O) groups excluding carboxylic acids is 2. The highest BCUT2D eigenvalue weighted by Gasteiger charge is 2.10. The Bertz CT molecular complexity index is 710. The molecule has 1 N–H and O–H groups in total. The zero-order valence-electron chi connectivity index (χ0n) is 14.6. The number of rotatable bonds is 8. The van der Waals surface area contributed by atoms with Crippen LogP contribution in [0.2, 0.25) is 0 Å². The van der Waals surface area contributed by atoms with Crippen LogP contribution >= 0.6 is 0 Å². The zero-order chi connectivity index (χ0) is 18.1. The standard InChI is InChI=1S/C20H23NO4/c1-3-15-8-11-17(12-9-15)21-19(22)14-25-20(23)13-10-16-6-4-5-7-18(16)24-2/h4-9,11-12H,3,10,13-14H2,1-2H3,(H,21,22). The number of hydrogen-bond acceptors (Lipinski definition) is 4. The minimum absolute atomic E-state index is 0.193. The molecule has 0 atom stereocenters. The summed E-state index contributed by atoms with van der Waals surface area (Å²) in [6.45, 7) is 1.78. The minimum atomic E-state index is -0.414. The minimum Gasteiger partial charge on any atom is -0.496 e. The topological polar surface area (TPSA) is 64.6 Å². The van der Waals surface area contributed by atoms with Crippen molar-refractivity contribution in [2.24, 2.45) is 0 Å². The van der Waals surface area contributed by atoms with Crippen molar-refractivity contribution in [3.63, 3.8) is 0 Å². The third kappa shape index (κ3) is 5.95. The number of hydrogen-bond donors (Lipinski definition) is 1. The van der Waals surface area contributed by atoms with Crippen LogP contribution in [0.15, 0.2) is 48.5 Å². The largest absolute Gasteiger partial charge is 0.496 e. The Morgan fingerprint density at radius 1 is 1.04 bits per heavy atom. The van der Waals surface area contributed by atoms with Crippen molar-refractivity contribution in [1.29, 1.82) is 0 Å². The molecule has 0 saturated heterocycles. The number of esters is 1. The number of benzene rings is 2. The summed E-state index contributed by atoms with van der Waals surface area (Å²) >= 11 is 0. The number of nitrogens with one attached hydrogen (secondary N) is 1. The molecule has 0 aliphatic heterocycles. The van der Waals surface area contributed by atoms with Gasteiger partial charge in [-0.2, -0.15) is 0 Å². The summed E-state index contributed by atoms with van der Waals surface area (Å²) < 4.78 is 10.3. The molecule has 2 aromatic carbocycles. The normalized spacial score (nSPS) is 10.2. The van der Waals surface area contributed by atoms with Crippen LogP contribution in [0.3, 0.4) is 0 Å². The summed E-state index contributed by atoms with van der Waals surface area (Å²) in [7, 11) is 1.59. The van der Waals surface area contributed by atoms with Crippen LogP contribution in [0.25, 0.3) is 0 Å². The quantitative estimate of drug-likeness (QED) is 0.748. The number of anilines is 1. The molecule has 0 bridgehead atoms. The Labute approximate surface area is 148 Å². The maximum Gasteiger partial charge on any atom is 0.306 e. The van der Waals surface area contributed by atoms with E-state index in [1.54, 1.807) is 7.11 Å². The van der Waals surface area contributed by atoms with Crippen molar-refractivity contribution in [3.05, 3.63) is 59.7 Å². The van der Waals surface area contributed by atoms with Crippen molar-refractivity contribution in [2.75, 3.05) is 19.0 Å². The molecule has 2 rings (SSSR count). The fourth-order valence-electron chi connectivity index (χ4n) is 2.39. The number of ether oxygens (including phenoxy) is 2. The summed E-state index contributed by atoms with van der Waals surface area (Å²) in [6.07, 6.45) is 1.64. The number of aryl methyl sites for hydroxylation is 2. The first kappa shape index (κ1) is 18.5. The van der Waals surface area contributed by atoms with Crippen molar-refractivity contribution in [2.45, 2.75) is 26.2 Å². The molecule has 0 radical (unpaired) electrons. The molecule has 0 aliphatic carbocycles. The fraction of sp³-hybridized carbons (Fsp3) is 0.300. The van der Waals surface area contributed by atoms with Gasteiger partial charge in [-0.05, 0) is 42.2 Å². The van der Waals surface area contributed by atoms with Gasteiger partial charge in [0.25, 0.3) is 5.91 Å². The van der Waals surface area contributed by atoms with Crippen LogP contribution in [-0.2, 0) is 27.2 Å². The number of methoxy groups -OCH3 is 1. The highest BCUT2D eigenvalue weighted by atomic mass is 16.5. The van der Waals surface area contributed by atoms with Crippen LogP contribution in [0, 0.1) is 0 Å². The Hall–Kier alpha value is -2.82. The zero-order valence-corrected chi connectivity index (χ0v) is 14.6. The van der Waals surface area contributed by atoms with Gasteiger partial charge in [-0.15, -0.1) is 0 Å². The first-order valence-electron chi connectivity index (χ1n) is 8.28. The summed E-state index contributed by atoms with van der Waals surface area (Å²) in [4.78, 5) is 23.7. The first-order valence-corrected chi connectivity index (χ1v) is 8.28. The lowest BCUT2D eigenvalue weighted by Gasteiger charge is -2.09. The van der Waals surface area contributed by atoms with E-state index in [0.29, 0.717) is 12.1 Å². The highest BCUT2D eigenvalue weighted by molar-refractivity contribution is 5.92. The van der Waals surface area contributed by atoms with E-state index in [1.807, 2.05) is 48.5 Å². The van der Waals surface area contributed by atoms with Gasteiger partial charge in [0, 0.05) is 12.1 Å². The van der Waals surface area contributed by atoms with E-state index >= 15 is 0 Å². The van der Waals surface area contributed by atoms with E-state index in [0.717, 1.165) is 17.7 Å². The Morgan fingerprint density at radius 2 is 1.76 bits per heavy atom. The van der Waals surface area contributed by atoms with Crippen molar-refractivity contribution >= 4 is 17.6 Å². The monoisotopic (exact) mass is 341 g/mol. The van der Waals surface area contributed by atoms with Gasteiger partial charge in [-0.3, -0.25) is 9.59 Å². The smallest absolute Gasteiger partial charge is 0.306 e. The molecule has 0 spiro atoms. The molecule has 0 heterocycles. The third-order valence-electron chi connectivity index (χ3n) is 3.80. The van der Waals surface area contributed by atoms with Crippen LogP contribution < -0.4 is 10.1 Å². The van der Waals surface area contributed by atoms with Gasteiger partial charge < -0.3 is 14.8 Å². The second kappa shape index (κ2) is 9.47. The van der Waals surface area contributed by atoms with E-state index in [4.69, 9.17) is 9.47 Å². The highest BCUT2D eigenvalue weighted by Crippen LogP contribution is 2.19. The van der Waals surface area contributed by atoms with Gasteiger partial charge in [0.05, 0.1) is 7.11 Å². The van der Waals surface area contributed by atoms with Crippen molar-refractivity contribution in [3.8, 4) is 5.75 Å². The second-order valence-corrected chi connectivity index (χ2v) is 5.57. The van der Waals surface area contributed by atoms with E-state index in [2.05, 4.69) is 12.2 Å². The van der Waals surface area contributed by atoms with E-state index in [1.165, 1.54) is 5.56 Å². The fourth-order valence-corrected chi connectivity index (χ4v) is 2.39. The molecule has 5 heteroatoms. The second-order valence-electron chi connectivity index (χ2n) is 5.57. The van der Waals surface area contributed by atoms with Gasteiger partial charge in [-0.1, -0.05) is 37.3 Å². The molecule has 132 valence electrons. The molecular formula is C20H23NO4. The predicted molar refractivity (Wildman–Crippen MR) is 96.7 cm³/mol. The van der Waals surface area contributed by atoms with E-state index < -0.39 is 5.97 Å². The third-order valence-corrected chi connectivity index (χ3v) is 3.80. The molecule has 25 heavy (non-hydrogen) atoms. The first-order chi connectivity index (χ1) is 12.1. The summed E-state index contributed by atoms with van der Waals surface area (Å²) in [5.74, 6) is -0.0270. The maximum atomic E-state index is 11.8. The summed E-state index contributed by atoms with van der Waals surface area (Å²) in [6, 6.07) is 15.1. The van der Waals surface area contributed by atoms with Gasteiger partial charge in [0.2, 0.25) is 0 Å². The van der Waals surface area contributed by atoms with Crippen LogP contribution in [0.5, 0.6) is 5.75 Å². The Kier molecular flexibility index (Phi) is 7.01. The Morgan fingerprint density at radius 3 is 2.44 bits per heavy atom. The summed E-state index contributed by atoms with van der Waals surface area (Å²) in [5.41, 5.74) is 2.82. The summed E-state index contributed by atoms with van der Waals surface area (Å²) in [5, 5.41) is 2.70. The lowest BCUT2D eigenvalue weighted by atomic mass is 10.1. The van der Waals surface area contributed by atoms with Crippen molar-refractivity contribution in [1.82, 2.24) is 0 Å². The molecule has 0 saturated carbocycles. The van der Waals surface area contributed by atoms with Gasteiger partial charge >= 0.3 is 5.97 Å². The molecule has 5 nitrogen and oxygen atoms in total. The number of amides is 1. The van der Waals surface area contributed by atoms with E-state index in [-0.39, 0.29) is 18.9 Å². The SMILES string of the molecule is CCc1ccc(NC(=O)COC(=O)CCc2ccccc2OC)cc1. The molecule has 0 unspecified atom stereocenters. The van der Waals surface area contributed by atoms with Crippen molar-refractivity contribution < 1.29 is 19.1 Å². The predicted octanol–water partition coefficient (Wildman–Crippen LogP) is 3.37. The Balaban J connectivity index is 1.74. The van der Waals surface area contributed by atoms with Crippen LogP contribution in [-0.4, -0.2) is 25.6 Å². The van der Waals surface area contributed by atoms with Crippen LogP contribution in [0.4, 0.5) is 5.69 Å².